The van der Waals surface area contributed by atoms with E-state index in [0.29, 0.717) is 24.8 Å². The molecule has 1 aromatic rings. The van der Waals surface area contributed by atoms with E-state index in [1.54, 1.807) is 12.1 Å². The zero-order valence-corrected chi connectivity index (χ0v) is 12.2. The third-order valence-electron chi connectivity index (χ3n) is 5.36. The first kappa shape index (κ1) is 12.9. The number of carbonyl (C=O) groups excluding carboxylic acids is 2. The van der Waals surface area contributed by atoms with Crippen molar-refractivity contribution in [3.05, 3.63) is 24.2 Å². The number of nitrogens with zero attached hydrogens (tertiary/aromatic N) is 2. The normalized spacial score (nSPS) is 29.6. The number of rotatable bonds is 2. The summed E-state index contributed by atoms with van der Waals surface area (Å²) >= 11 is 0. The predicted molar refractivity (Wildman–Crippen MR) is 75.6 cm³/mol. The Morgan fingerprint density at radius 3 is 2.62 bits per heavy atom. The van der Waals surface area contributed by atoms with Gasteiger partial charge in [-0.25, -0.2) is 0 Å². The fraction of sp³-hybridized carbons (Fsp3) is 0.625. The van der Waals surface area contributed by atoms with Gasteiger partial charge in [-0.3, -0.25) is 9.59 Å². The van der Waals surface area contributed by atoms with Gasteiger partial charge in [-0.2, -0.15) is 0 Å². The monoisotopic (exact) mass is 288 g/mol. The van der Waals surface area contributed by atoms with Crippen LogP contribution < -0.4 is 0 Å². The molecule has 0 aromatic carbocycles. The van der Waals surface area contributed by atoms with E-state index in [1.807, 2.05) is 9.80 Å². The zero-order valence-electron chi connectivity index (χ0n) is 12.2. The molecule has 5 nitrogen and oxygen atoms in total. The van der Waals surface area contributed by atoms with Gasteiger partial charge in [0, 0.05) is 25.6 Å². The van der Waals surface area contributed by atoms with Crippen LogP contribution in [0.5, 0.6) is 0 Å². The van der Waals surface area contributed by atoms with Gasteiger partial charge in [-0.05, 0) is 37.3 Å². The minimum absolute atomic E-state index is 0.0457. The molecule has 0 radical (unpaired) electrons. The molecule has 0 atom stereocenters. The molecule has 112 valence electrons. The summed E-state index contributed by atoms with van der Waals surface area (Å²) in [7, 11) is 0. The highest BCUT2D eigenvalue weighted by Gasteiger charge is 2.57. The topological polar surface area (TPSA) is 53.8 Å². The summed E-state index contributed by atoms with van der Waals surface area (Å²) in [4.78, 5) is 28.4. The van der Waals surface area contributed by atoms with Crippen LogP contribution in [0.15, 0.2) is 22.8 Å². The number of amides is 2. The Hall–Kier alpha value is -1.78. The van der Waals surface area contributed by atoms with Crippen LogP contribution in [0.1, 0.15) is 36.7 Å². The summed E-state index contributed by atoms with van der Waals surface area (Å²) < 4.78 is 5.19. The zero-order chi connectivity index (χ0) is 14.6. The van der Waals surface area contributed by atoms with Crippen LogP contribution in [0.4, 0.5) is 0 Å². The van der Waals surface area contributed by atoms with Gasteiger partial charge in [-0.15, -0.1) is 0 Å². The van der Waals surface area contributed by atoms with Gasteiger partial charge in [0.1, 0.15) is 0 Å². The standard InChI is InChI=1S/C16H20N2O3/c1-11-7-12(8-11)14(19)17-9-16(10-17)4-5-18(16)15(20)13-3-2-6-21-13/h2-3,6,11-12H,4-5,7-10H2,1H3. The molecule has 4 rings (SSSR count). The number of hydrogen-bond donors (Lipinski definition) is 0. The molecule has 2 amide bonds. The minimum Gasteiger partial charge on any atom is -0.459 e. The lowest BCUT2D eigenvalue weighted by Gasteiger charge is -2.62. The fourth-order valence-electron chi connectivity index (χ4n) is 3.90. The highest BCUT2D eigenvalue weighted by Crippen LogP contribution is 2.43. The van der Waals surface area contributed by atoms with Crippen molar-refractivity contribution < 1.29 is 14.0 Å². The third kappa shape index (κ3) is 1.83. The Morgan fingerprint density at radius 1 is 1.33 bits per heavy atom. The molecule has 3 aliphatic rings. The van der Waals surface area contributed by atoms with Crippen molar-refractivity contribution in [1.82, 2.24) is 9.80 Å². The lowest BCUT2D eigenvalue weighted by Crippen LogP contribution is -2.78. The molecule has 0 N–H and O–H groups in total. The van der Waals surface area contributed by atoms with Gasteiger partial charge in [0.2, 0.25) is 5.91 Å². The van der Waals surface area contributed by atoms with Crippen LogP contribution in [0.25, 0.3) is 0 Å². The van der Waals surface area contributed by atoms with Crippen molar-refractivity contribution in [2.45, 2.75) is 31.7 Å². The molecule has 1 aliphatic carbocycles. The maximum Gasteiger partial charge on any atom is 0.290 e. The van der Waals surface area contributed by atoms with Gasteiger partial charge in [0.15, 0.2) is 5.76 Å². The van der Waals surface area contributed by atoms with Gasteiger partial charge in [0.25, 0.3) is 5.91 Å². The van der Waals surface area contributed by atoms with Crippen molar-refractivity contribution >= 4 is 11.8 Å². The summed E-state index contributed by atoms with van der Waals surface area (Å²) in [6.07, 6.45) is 4.56. The first-order chi connectivity index (χ1) is 10.1. The Morgan fingerprint density at radius 2 is 2.10 bits per heavy atom. The van der Waals surface area contributed by atoms with E-state index in [1.165, 1.54) is 6.26 Å². The van der Waals surface area contributed by atoms with Crippen LogP contribution in [-0.2, 0) is 4.79 Å². The van der Waals surface area contributed by atoms with Crippen LogP contribution in [0.3, 0.4) is 0 Å². The molecule has 1 aromatic heterocycles. The average molecular weight is 288 g/mol. The largest absolute Gasteiger partial charge is 0.459 e. The van der Waals surface area contributed by atoms with Gasteiger partial charge in [0.05, 0.1) is 11.8 Å². The number of furan rings is 1. The molecule has 21 heavy (non-hydrogen) atoms. The number of hydrogen-bond acceptors (Lipinski definition) is 3. The maximum absolute atomic E-state index is 12.3. The Bertz CT molecular complexity index is 568. The Kier molecular flexibility index (Phi) is 2.68. The molecule has 3 fully saturated rings. The van der Waals surface area contributed by atoms with Crippen molar-refractivity contribution in [1.29, 1.82) is 0 Å². The highest BCUT2D eigenvalue weighted by molar-refractivity contribution is 5.93. The summed E-state index contributed by atoms with van der Waals surface area (Å²) in [6, 6.07) is 3.43. The van der Waals surface area contributed by atoms with E-state index < -0.39 is 0 Å². The van der Waals surface area contributed by atoms with Crippen LogP contribution in [0, 0.1) is 11.8 Å². The molecule has 1 spiro atoms. The number of carbonyl (C=O) groups is 2. The SMILES string of the molecule is CC1CC(C(=O)N2CC3(CCN3C(=O)c3ccco3)C2)C1. The highest BCUT2D eigenvalue weighted by atomic mass is 16.3. The average Bonchev–Trinajstić information content (AvgIpc) is 2.85. The second kappa shape index (κ2) is 4.36. The molecule has 3 heterocycles. The molecule has 5 heteroatoms. The van der Waals surface area contributed by atoms with Gasteiger partial charge in [-0.1, -0.05) is 6.92 Å². The van der Waals surface area contributed by atoms with Crippen molar-refractivity contribution in [3.8, 4) is 0 Å². The van der Waals surface area contributed by atoms with Crippen molar-refractivity contribution in [2.24, 2.45) is 11.8 Å². The summed E-state index contributed by atoms with van der Waals surface area (Å²) in [6.45, 7) is 4.35. The quantitative estimate of drug-likeness (QED) is 0.833. The lowest BCUT2D eigenvalue weighted by molar-refractivity contribution is -0.162. The van der Waals surface area contributed by atoms with Crippen molar-refractivity contribution in [3.63, 3.8) is 0 Å². The van der Waals surface area contributed by atoms with Crippen LogP contribution >= 0.6 is 0 Å². The Balaban J connectivity index is 1.38. The fourth-order valence-corrected chi connectivity index (χ4v) is 3.90. The second-order valence-corrected chi connectivity index (χ2v) is 6.88. The molecule has 0 unspecified atom stereocenters. The molecular weight excluding hydrogens is 268 g/mol. The second-order valence-electron chi connectivity index (χ2n) is 6.88. The number of likely N-dealkylation sites (tertiary alicyclic amines) is 2. The smallest absolute Gasteiger partial charge is 0.290 e. The molecule has 1 saturated carbocycles. The van der Waals surface area contributed by atoms with E-state index in [0.717, 1.165) is 25.8 Å². The predicted octanol–water partition coefficient (Wildman–Crippen LogP) is 1.75. The van der Waals surface area contributed by atoms with Crippen LogP contribution in [-0.4, -0.2) is 46.8 Å². The molecule has 2 aliphatic heterocycles. The third-order valence-corrected chi connectivity index (χ3v) is 5.36. The van der Waals surface area contributed by atoms with E-state index in [-0.39, 0.29) is 23.3 Å². The Labute approximate surface area is 123 Å². The van der Waals surface area contributed by atoms with E-state index in [2.05, 4.69) is 6.92 Å². The summed E-state index contributed by atoms with van der Waals surface area (Å²) in [5, 5.41) is 0. The summed E-state index contributed by atoms with van der Waals surface area (Å²) in [5.41, 5.74) is -0.116. The maximum atomic E-state index is 12.3. The van der Waals surface area contributed by atoms with E-state index >= 15 is 0 Å². The molecular formula is C16H20N2O3. The van der Waals surface area contributed by atoms with E-state index in [4.69, 9.17) is 4.42 Å². The summed E-state index contributed by atoms with van der Waals surface area (Å²) in [5.74, 6) is 1.56. The molecule has 2 saturated heterocycles. The van der Waals surface area contributed by atoms with Gasteiger partial charge >= 0.3 is 0 Å². The van der Waals surface area contributed by atoms with Gasteiger partial charge < -0.3 is 14.2 Å². The molecule has 0 bridgehead atoms. The first-order valence-corrected chi connectivity index (χ1v) is 7.73. The lowest BCUT2D eigenvalue weighted by atomic mass is 9.72. The van der Waals surface area contributed by atoms with Crippen LogP contribution in [0.2, 0.25) is 0 Å². The first-order valence-electron chi connectivity index (χ1n) is 7.73. The van der Waals surface area contributed by atoms with E-state index in [9.17, 15) is 9.59 Å². The minimum atomic E-state index is -0.116. The van der Waals surface area contributed by atoms with Crippen molar-refractivity contribution in [2.75, 3.05) is 19.6 Å².